The first-order valence-corrected chi connectivity index (χ1v) is 4.07. The van der Waals surface area contributed by atoms with Crippen LogP contribution in [0.25, 0.3) is 0 Å². The summed E-state index contributed by atoms with van der Waals surface area (Å²) in [6, 6.07) is 0. The summed E-state index contributed by atoms with van der Waals surface area (Å²) in [5.74, 6) is 3.17. The summed E-state index contributed by atoms with van der Waals surface area (Å²) in [7, 11) is 0. The molecule has 2 saturated carbocycles. The van der Waals surface area contributed by atoms with E-state index in [0.717, 1.165) is 18.3 Å². The molecule has 0 heterocycles. The van der Waals surface area contributed by atoms with Gasteiger partial charge in [-0.25, -0.2) is 0 Å². The van der Waals surface area contributed by atoms with E-state index in [1.54, 1.807) is 0 Å². The average molecular weight is 134 g/mol. The number of ketones is 1. The molecule has 10 heavy (non-hydrogen) atoms. The van der Waals surface area contributed by atoms with Crippen molar-refractivity contribution in [3.63, 3.8) is 0 Å². The highest BCUT2D eigenvalue weighted by Gasteiger charge is 2.54. The molecule has 0 radical (unpaired) electrons. The summed E-state index contributed by atoms with van der Waals surface area (Å²) in [5.41, 5.74) is 0. The fourth-order valence-corrected chi connectivity index (χ4v) is 2.62. The molecule has 0 aromatic heterocycles. The molecule has 0 N–H and O–H groups in total. The molecular weight excluding hydrogens is 124 g/mol. The Morgan fingerprint density at radius 3 is 2.80 bits per heavy atom. The van der Waals surface area contributed by atoms with Gasteiger partial charge >= 0.3 is 0 Å². The zero-order valence-corrected chi connectivity index (χ0v) is 5.79. The lowest BCUT2D eigenvalue weighted by atomic mass is 9.75. The molecule has 4 aliphatic carbocycles. The third kappa shape index (κ3) is 0.437. The smallest absolute Gasteiger partial charge is 0.140 e. The summed E-state index contributed by atoms with van der Waals surface area (Å²) in [6.07, 6.45) is 6.58. The van der Waals surface area contributed by atoms with Crippen molar-refractivity contribution < 1.29 is 4.79 Å². The van der Waals surface area contributed by atoms with E-state index in [-0.39, 0.29) is 0 Å². The topological polar surface area (TPSA) is 17.1 Å². The van der Waals surface area contributed by atoms with Crippen molar-refractivity contribution in [2.45, 2.75) is 12.8 Å². The van der Waals surface area contributed by atoms with Gasteiger partial charge in [-0.3, -0.25) is 4.79 Å². The van der Waals surface area contributed by atoms with Crippen molar-refractivity contribution >= 4 is 5.78 Å². The quantitative estimate of drug-likeness (QED) is 0.458. The second-order valence-electron chi connectivity index (χ2n) is 3.81. The number of allylic oxidation sites excluding steroid dienone is 2. The highest BCUT2D eigenvalue weighted by molar-refractivity contribution is 5.86. The molecule has 0 aliphatic heterocycles. The second-order valence-corrected chi connectivity index (χ2v) is 3.81. The van der Waals surface area contributed by atoms with Gasteiger partial charge in [-0.05, 0) is 24.2 Å². The number of Topliss-reactive ketones (excluding diaryl/α,β-unsaturated/α-hetero) is 1. The van der Waals surface area contributed by atoms with Crippen LogP contribution in [0.3, 0.4) is 0 Å². The van der Waals surface area contributed by atoms with Crippen molar-refractivity contribution in [1.29, 1.82) is 0 Å². The summed E-state index contributed by atoms with van der Waals surface area (Å²) in [4.78, 5) is 11.2. The molecule has 0 aromatic rings. The summed E-state index contributed by atoms with van der Waals surface area (Å²) in [5, 5.41) is 0. The van der Waals surface area contributed by atoms with E-state index in [2.05, 4.69) is 12.2 Å². The van der Waals surface area contributed by atoms with Crippen LogP contribution in [0.5, 0.6) is 0 Å². The molecular formula is C9H10O. The number of carbonyl (C=O) groups excluding carboxylic acids is 1. The van der Waals surface area contributed by atoms with Crippen LogP contribution in [0.2, 0.25) is 0 Å². The Bertz CT molecular complexity index is 229. The Morgan fingerprint density at radius 1 is 1.30 bits per heavy atom. The number of hydrogen-bond acceptors (Lipinski definition) is 1. The lowest BCUT2D eigenvalue weighted by Crippen LogP contribution is -2.29. The van der Waals surface area contributed by atoms with E-state index in [1.165, 1.54) is 6.42 Å². The lowest BCUT2D eigenvalue weighted by Gasteiger charge is -2.27. The largest absolute Gasteiger partial charge is 0.299 e. The van der Waals surface area contributed by atoms with Gasteiger partial charge in [0.1, 0.15) is 5.78 Å². The minimum absolute atomic E-state index is 0.343. The van der Waals surface area contributed by atoms with Crippen LogP contribution in [0.15, 0.2) is 12.2 Å². The van der Waals surface area contributed by atoms with Crippen LogP contribution in [0.4, 0.5) is 0 Å². The van der Waals surface area contributed by atoms with Gasteiger partial charge in [-0.1, -0.05) is 12.2 Å². The summed E-state index contributed by atoms with van der Waals surface area (Å²) >= 11 is 0. The molecule has 0 unspecified atom stereocenters. The van der Waals surface area contributed by atoms with Crippen molar-refractivity contribution in [1.82, 2.24) is 0 Å². The van der Waals surface area contributed by atoms with Crippen molar-refractivity contribution in [3.05, 3.63) is 12.2 Å². The highest BCUT2D eigenvalue weighted by atomic mass is 16.1. The molecule has 0 spiro atoms. The SMILES string of the molecule is O=C1C[C@H]2C=C[C@H]1[C@H]1C[C@H]12. The van der Waals surface area contributed by atoms with Gasteiger partial charge in [0.25, 0.3) is 0 Å². The molecule has 1 nitrogen and oxygen atoms in total. The second kappa shape index (κ2) is 1.36. The minimum atomic E-state index is 0.343. The van der Waals surface area contributed by atoms with Crippen molar-refractivity contribution in [2.24, 2.45) is 23.7 Å². The molecule has 0 aromatic carbocycles. The molecule has 4 atom stereocenters. The third-order valence-electron chi connectivity index (χ3n) is 3.28. The van der Waals surface area contributed by atoms with E-state index in [1.807, 2.05) is 0 Å². The van der Waals surface area contributed by atoms with Gasteiger partial charge in [-0.15, -0.1) is 0 Å². The lowest BCUT2D eigenvalue weighted by molar-refractivity contribution is -0.124. The van der Waals surface area contributed by atoms with Crippen LogP contribution in [0, 0.1) is 23.7 Å². The van der Waals surface area contributed by atoms with Crippen molar-refractivity contribution in [2.75, 3.05) is 0 Å². The Labute approximate surface area is 60.1 Å². The maximum Gasteiger partial charge on any atom is 0.140 e. The average Bonchev–Trinajstić information content (AvgIpc) is 2.66. The number of hydrogen-bond donors (Lipinski definition) is 0. The van der Waals surface area contributed by atoms with Crippen LogP contribution in [-0.2, 0) is 4.79 Å². The number of fused-ring (bicyclic) bond motifs is 1. The standard InChI is InChI=1S/C9H10O/c10-9-3-5-1-2-6(9)8-4-7(5)8/h1-2,5-8H,3-4H2/t5-,6+,7+,8-/m1/s1. The normalized spacial score (nSPS) is 55.0. The molecule has 4 rings (SSSR count). The highest BCUT2D eigenvalue weighted by Crippen LogP contribution is 2.58. The first kappa shape index (κ1) is 5.11. The maximum absolute atomic E-state index is 11.2. The predicted molar refractivity (Wildman–Crippen MR) is 37.3 cm³/mol. The van der Waals surface area contributed by atoms with Gasteiger partial charge in [-0.2, -0.15) is 0 Å². The molecule has 52 valence electrons. The monoisotopic (exact) mass is 134 g/mol. The zero-order chi connectivity index (χ0) is 6.72. The summed E-state index contributed by atoms with van der Waals surface area (Å²) in [6.45, 7) is 0. The van der Waals surface area contributed by atoms with E-state index in [0.29, 0.717) is 17.6 Å². The van der Waals surface area contributed by atoms with E-state index in [9.17, 15) is 4.79 Å². The third-order valence-corrected chi connectivity index (χ3v) is 3.28. The van der Waals surface area contributed by atoms with Crippen LogP contribution < -0.4 is 0 Å². The van der Waals surface area contributed by atoms with Crippen LogP contribution >= 0.6 is 0 Å². The van der Waals surface area contributed by atoms with E-state index >= 15 is 0 Å². The molecule has 1 heteroatoms. The fourth-order valence-electron chi connectivity index (χ4n) is 2.62. The Morgan fingerprint density at radius 2 is 2.20 bits per heavy atom. The Balaban J connectivity index is 2.09. The van der Waals surface area contributed by atoms with E-state index < -0.39 is 0 Å². The first-order chi connectivity index (χ1) is 4.86. The molecule has 2 bridgehead atoms. The van der Waals surface area contributed by atoms with E-state index in [4.69, 9.17) is 0 Å². The zero-order valence-electron chi connectivity index (χ0n) is 5.79. The van der Waals surface area contributed by atoms with Gasteiger partial charge < -0.3 is 0 Å². The fraction of sp³-hybridized carbons (Fsp3) is 0.667. The minimum Gasteiger partial charge on any atom is -0.299 e. The van der Waals surface area contributed by atoms with Crippen molar-refractivity contribution in [3.8, 4) is 0 Å². The Kier molecular flexibility index (Phi) is 0.697. The maximum atomic E-state index is 11.2. The van der Waals surface area contributed by atoms with Crippen LogP contribution in [-0.4, -0.2) is 5.78 Å². The predicted octanol–water partition coefficient (Wildman–Crippen LogP) is 1.40. The molecule has 0 saturated heterocycles. The van der Waals surface area contributed by atoms with Gasteiger partial charge in [0.05, 0.1) is 0 Å². The van der Waals surface area contributed by atoms with Gasteiger partial charge in [0, 0.05) is 12.3 Å². The summed E-state index contributed by atoms with van der Waals surface area (Å²) < 4.78 is 0. The molecule has 0 amide bonds. The first-order valence-electron chi connectivity index (χ1n) is 4.07. The van der Waals surface area contributed by atoms with Gasteiger partial charge in [0.15, 0.2) is 0 Å². The molecule has 4 aliphatic rings. The van der Waals surface area contributed by atoms with Gasteiger partial charge in [0.2, 0.25) is 0 Å². The number of rotatable bonds is 0. The number of carbonyl (C=O) groups is 1. The van der Waals surface area contributed by atoms with Crippen LogP contribution in [0.1, 0.15) is 12.8 Å². The Hall–Kier alpha value is -0.590. The molecule has 2 fully saturated rings.